The van der Waals surface area contributed by atoms with Crippen LogP contribution in [-0.4, -0.2) is 31.2 Å². The van der Waals surface area contributed by atoms with E-state index in [0.29, 0.717) is 0 Å². The predicted octanol–water partition coefficient (Wildman–Crippen LogP) is 1.86. The van der Waals surface area contributed by atoms with Crippen molar-refractivity contribution in [2.24, 2.45) is 0 Å². The Morgan fingerprint density at radius 2 is 2.29 bits per heavy atom. The summed E-state index contributed by atoms with van der Waals surface area (Å²) in [6.07, 6.45) is 9.15. The molecule has 0 bridgehead atoms. The van der Waals surface area contributed by atoms with Crippen LogP contribution < -0.4 is 0 Å². The third-order valence-corrected chi connectivity index (χ3v) is 2.23. The average molecular weight is 200 g/mol. The Kier molecular flexibility index (Phi) is 6.66. The number of unbranched alkanes of at least 4 members (excludes halogenated alkanes) is 1. The van der Waals surface area contributed by atoms with Gasteiger partial charge in [0.1, 0.15) is 0 Å². The van der Waals surface area contributed by atoms with E-state index in [1.807, 2.05) is 6.08 Å². The molecule has 0 radical (unpaired) electrons. The number of allylic oxidation sites excluding steroid dienone is 1. The third kappa shape index (κ3) is 5.37. The van der Waals surface area contributed by atoms with E-state index in [-0.39, 0.29) is 12.9 Å². The van der Waals surface area contributed by atoms with E-state index in [0.717, 1.165) is 32.5 Å². The Morgan fingerprint density at radius 3 is 3.00 bits per heavy atom. The number of rotatable bonds is 6. The van der Waals surface area contributed by atoms with Crippen LogP contribution in [-0.2, 0) is 9.47 Å². The van der Waals surface area contributed by atoms with Crippen molar-refractivity contribution in [3.05, 3.63) is 12.2 Å². The van der Waals surface area contributed by atoms with Crippen molar-refractivity contribution in [2.75, 3.05) is 19.8 Å². The fraction of sp³-hybridized carbons (Fsp3) is 0.818. The van der Waals surface area contributed by atoms with Gasteiger partial charge in [-0.3, -0.25) is 0 Å². The molecule has 1 aliphatic heterocycles. The van der Waals surface area contributed by atoms with Crippen LogP contribution in [0.5, 0.6) is 0 Å². The first-order chi connectivity index (χ1) is 6.93. The second-order valence-electron chi connectivity index (χ2n) is 3.46. The van der Waals surface area contributed by atoms with E-state index in [9.17, 15) is 0 Å². The Bertz CT molecular complexity index is 151. The fourth-order valence-corrected chi connectivity index (χ4v) is 1.45. The third-order valence-electron chi connectivity index (χ3n) is 2.23. The van der Waals surface area contributed by atoms with Crippen LogP contribution in [0.15, 0.2) is 12.2 Å². The van der Waals surface area contributed by atoms with Gasteiger partial charge in [0, 0.05) is 6.61 Å². The summed E-state index contributed by atoms with van der Waals surface area (Å²) in [5.74, 6) is 0. The molecule has 1 N–H and O–H groups in total. The molecule has 0 aliphatic carbocycles. The maximum atomic E-state index is 8.49. The summed E-state index contributed by atoms with van der Waals surface area (Å²) < 4.78 is 11.0. The Hall–Kier alpha value is -0.380. The molecule has 14 heavy (non-hydrogen) atoms. The molecular weight excluding hydrogens is 180 g/mol. The van der Waals surface area contributed by atoms with Crippen LogP contribution in [0, 0.1) is 0 Å². The minimum Gasteiger partial charge on any atom is -0.392 e. The lowest BCUT2D eigenvalue weighted by Crippen LogP contribution is -2.22. The smallest absolute Gasteiger partial charge is 0.157 e. The Labute approximate surface area is 85.7 Å². The van der Waals surface area contributed by atoms with E-state index >= 15 is 0 Å². The maximum Gasteiger partial charge on any atom is 0.157 e. The topological polar surface area (TPSA) is 38.7 Å². The van der Waals surface area contributed by atoms with Crippen molar-refractivity contribution < 1.29 is 14.6 Å². The minimum absolute atomic E-state index is 0.0329. The molecule has 1 aliphatic rings. The van der Waals surface area contributed by atoms with Gasteiger partial charge < -0.3 is 14.6 Å². The van der Waals surface area contributed by atoms with Gasteiger partial charge in [0.15, 0.2) is 6.29 Å². The van der Waals surface area contributed by atoms with Crippen LogP contribution in [0.4, 0.5) is 0 Å². The number of aliphatic hydroxyl groups is 1. The molecular formula is C11H20O3. The number of hydrogen-bond acceptors (Lipinski definition) is 3. The van der Waals surface area contributed by atoms with Crippen LogP contribution in [0.25, 0.3) is 0 Å². The van der Waals surface area contributed by atoms with Crippen molar-refractivity contribution >= 4 is 0 Å². The maximum absolute atomic E-state index is 8.49. The molecule has 0 amide bonds. The zero-order chi connectivity index (χ0) is 10.1. The normalized spacial score (nSPS) is 23.1. The fourth-order valence-electron chi connectivity index (χ4n) is 1.45. The Morgan fingerprint density at radius 1 is 1.36 bits per heavy atom. The van der Waals surface area contributed by atoms with Gasteiger partial charge in [0.25, 0.3) is 0 Å². The zero-order valence-electron chi connectivity index (χ0n) is 8.65. The first-order valence-corrected chi connectivity index (χ1v) is 5.42. The van der Waals surface area contributed by atoms with Crippen molar-refractivity contribution in [3.8, 4) is 0 Å². The van der Waals surface area contributed by atoms with Crippen LogP contribution in [0.2, 0.25) is 0 Å². The summed E-state index contributed by atoms with van der Waals surface area (Å²) in [5.41, 5.74) is 0. The second kappa shape index (κ2) is 7.97. The summed E-state index contributed by atoms with van der Waals surface area (Å²) in [4.78, 5) is 0. The average Bonchev–Trinajstić information content (AvgIpc) is 2.25. The lowest BCUT2D eigenvalue weighted by atomic mass is 10.2. The lowest BCUT2D eigenvalue weighted by Gasteiger charge is -2.22. The highest BCUT2D eigenvalue weighted by atomic mass is 16.7. The second-order valence-corrected chi connectivity index (χ2v) is 3.46. The number of ether oxygens (including phenoxy) is 2. The van der Waals surface area contributed by atoms with E-state index in [2.05, 4.69) is 0 Å². The molecule has 0 unspecified atom stereocenters. The predicted molar refractivity (Wildman–Crippen MR) is 55.0 cm³/mol. The summed E-state index contributed by atoms with van der Waals surface area (Å²) in [7, 11) is 0. The molecule has 82 valence electrons. The molecule has 1 rings (SSSR count). The molecule has 0 aromatic heterocycles. The summed E-state index contributed by atoms with van der Waals surface area (Å²) in [5, 5.41) is 8.49. The van der Waals surface area contributed by atoms with Gasteiger partial charge in [-0.25, -0.2) is 0 Å². The first-order valence-electron chi connectivity index (χ1n) is 5.42. The zero-order valence-corrected chi connectivity index (χ0v) is 8.65. The van der Waals surface area contributed by atoms with Crippen molar-refractivity contribution in [3.63, 3.8) is 0 Å². The molecule has 0 aromatic rings. The van der Waals surface area contributed by atoms with Gasteiger partial charge >= 0.3 is 0 Å². The summed E-state index contributed by atoms with van der Waals surface area (Å²) >= 11 is 0. The SMILES string of the molecule is OC/C=C/CCCO[C@@H]1CCCCO1. The minimum atomic E-state index is 0.0329. The highest BCUT2D eigenvalue weighted by molar-refractivity contribution is 4.80. The van der Waals surface area contributed by atoms with Gasteiger partial charge in [0.2, 0.25) is 0 Å². The van der Waals surface area contributed by atoms with Crippen molar-refractivity contribution in [1.82, 2.24) is 0 Å². The quantitative estimate of drug-likeness (QED) is 0.525. The molecule has 1 saturated heterocycles. The van der Waals surface area contributed by atoms with Gasteiger partial charge in [-0.2, -0.15) is 0 Å². The van der Waals surface area contributed by atoms with Crippen molar-refractivity contribution in [1.29, 1.82) is 0 Å². The molecule has 1 atom stereocenters. The molecule has 0 aromatic carbocycles. The number of aliphatic hydroxyl groups excluding tert-OH is 1. The molecule has 3 nitrogen and oxygen atoms in total. The van der Waals surface area contributed by atoms with Crippen molar-refractivity contribution in [2.45, 2.75) is 38.4 Å². The van der Waals surface area contributed by atoms with E-state index in [1.54, 1.807) is 6.08 Å². The largest absolute Gasteiger partial charge is 0.392 e. The summed E-state index contributed by atoms with van der Waals surface area (Å²) in [6.45, 7) is 1.72. The van der Waals surface area contributed by atoms with Crippen LogP contribution in [0.1, 0.15) is 32.1 Å². The summed E-state index contributed by atoms with van der Waals surface area (Å²) in [6, 6.07) is 0. The molecule has 1 fully saturated rings. The van der Waals surface area contributed by atoms with E-state index in [4.69, 9.17) is 14.6 Å². The monoisotopic (exact) mass is 200 g/mol. The lowest BCUT2D eigenvalue weighted by molar-refractivity contribution is -0.162. The van der Waals surface area contributed by atoms with E-state index < -0.39 is 0 Å². The van der Waals surface area contributed by atoms with Crippen LogP contribution in [0.3, 0.4) is 0 Å². The molecule has 3 heteroatoms. The van der Waals surface area contributed by atoms with E-state index in [1.165, 1.54) is 12.8 Å². The van der Waals surface area contributed by atoms with Gasteiger partial charge in [-0.1, -0.05) is 12.2 Å². The highest BCUT2D eigenvalue weighted by Gasteiger charge is 2.12. The Balaban J connectivity index is 1.89. The molecule has 0 saturated carbocycles. The molecule has 1 heterocycles. The number of hydrogen-bond donors (Lipinski definition) is 1. The van der Waals surface area contributed by atoms with Crippen LogP contribution >= 0.6 is 0 Å². The van der Waals surface area contributed by atoms with Gasteiger partial charge in [-0.15, -0.1) is 0 Å². The van der Waals surface area contributed by atoms with Gasteiger partial charge in [0.05, 0.1) is 13.2 Å². The first kappa shape index (κ1) is 11.7. The molecule has 0 spiro atoms. The standard InChI is InChI=1S/C11H20O3/c12-8-4-1-2-5-9-13-11-7-3-6-10-14-11/h1,4,11-12H,2-3,5-10H2/b4-1+/t11-/m0/s1. The highest BCUT2D eigenvalue weighted by Crippen LogP contribution is 2.13. The van der Waals surface area contributed by atoms with Gasteiger partial charge in [-0.05, 0) is 32.1 Å².